The van der Waals surface area contributed by atoms with Gasteiger partial charge in [0.2, 0.25) is 0 Å². The first-order valence-electron chi connectivity index (χ1n) is 16.8. The summed E-state index contributed by atoms with van der Waals surface area (Å²) in [6.07, 6.45) is 0. The van der Waals surface area contributed by atoms with Crippen molar-refractivity contribution in [2.45, 2.75) is 0 Å². The maximum absolute atomic E-state index is 2.41. The van der Waals surface area contributed by atoms with Crippen molar-refractivity contribution in [3.63, 3.8) is 0 Å². The Labute approximate surface area is 289 Å². The second kappa shape index (κ2) is 11.3. The van der Waals surface area contributed by atoms with Gasteiger partial charge in [0.1, 0.15) is 0 Å². The van der Waals surface area contributed by atoms with Crippen LogP contribution in [0.4, 0.5) is 0 Å². The third kappa shape index (κ3) is 4.74. The third-order valence-corrected chi connectivity index (χ3v) is 11.2. The summed E-state index contributed by atoms with van der Waals surface area (Å²) in [4.78, 5) is 0. The first kappa shape index (κ1) is 28.0. The van der Waals surface area contributed by atoms with Crippen LogP contribution in [0.1, 0.15) is 0 Å². The zero-order chi connectivity index (χ0) is 32.3. The van der Waals surface area contributed by atoms with Crippen LogP contribution < -0.4 is 0 Å². The van der Waals surface area contributed by atoms with Crippen molar-refractivity contribution in [3.05, 3.63) is 182 Å². The molecule has 0 aliphatic carbocycles. The van der Waals surface area contributed by atoms with E-state index in [0.29, 0.717) is 0 Å². The van der Waals surface area contributed by atoms with Gasteiger partial charge in [-0.3, -0.25) is 0 Å². The monoisotopic (exact) mass is 638 g/mol. The largest absolute Gasteiger partial charge is 0.135 e. The van der Waals surface area contributed by atoms with E-state index in [1.807, 2.05) is 11.3 Å². The molecule has 1 heteroatoms. The van der Waals surface area contributed by atoms with Crippen LogP contribution in [0.25, 0.3) is 97.0 Å². The van der Waals surface area contributed by atoms with Gasteiger partial charge in [0.25, 0.3) is 0 Å². The Kier molecular flexibility index (Phi) is 6.47. The molecule has 0 N–H and O–H groups in total. The van der Waals surface area contributed by atoms with E-state index >= 15 is 0 Å². The maximum Gasteiger partial charge on any atom is 0.0355 e. The predicted molar refractivity (Wildman–Crippen MR) is 214 cm³/mol. The normalized spacial score (nSPS) is 11.7. The molecule has 0 saturated carbocycles. The van der Waals surface area contributed by atoms with E-state index in [-0.39, 0.29) is 0 Å². The van der Waals surface area contributed by atoms with Gasteiger partial charge in [0.15, 0.2) is 0 Å². The highest BCUT2D eigenvalue weighted by Gasteiger charge is 2.15. The van der Waals surface area contributed by atoms with Crippen LogP contribution in [0.15, 0.2) is 182 Å². The van der Waals surface area contributed by atoms with Crippen LogP contribution in [0.3, 0.4) is 0 Å². The van der Waals surface area contributed by atoms with Crippen molar-refractivity contribution >= 4 is 63.8 Å². The summed E-state index contributed by atoms with van der Waals surface area (Å²) in [6, 6.07) is 67.1. The van der Waals surface area contributed by atoms with Crippen molar-refractivity contribution in [1.29, 1.82) is 0 Å². The fourth-order valence-corrected chi connectivity index (χ4v) is 8.69. The van der Waals surface area contributed by atoms with E-state index in [1.165, 1.54) is 97.0 Å². The predicted octanol–water partition coefficient (Wildman–Crippen LogP) is 14.2. The second-order valence-electron chi connectivity index (χ2n) is 12.9. The Balaban J connectivity index is 1.19. The lowest BCUT2D eigenvalue weighted by molar-refractivity contribution is 1.61. The van der Waals surface area contributed by atoms with E-state index in [1.54, 1.807) is 0 Å². The first-order chi connectivity index (χ1) is 24.3. The molecule has 0 aliphatic heterocycles. The molecule has 228 valence electrons. The summed E-state index contributed by atoms with van der Waals surface area (Å²) in [5.74, 6) is 0. The molecule has 0 atom stereocenters. The van der Waals surface area contributed by atoms with E-state index in [2.05, 4.69) is 182 Å². The number of hydrogen-bond donors (Lipinski definition) is 0. The van der Waals surface area contributed by atoms with Crippen LogP contribution in [-0.2, 0) is 0 Å². The van der Waals surface area contributed by atoms with Crippen molar-refractivity contribution in [2.75, 3.05) is 0 Å². The molecule has 0 aliphatic rings. The van der Waals surface area contributed by atoms with Gasteiger partial charge >= 0.3 is 0 Å². The third-order valence-electron chi connectivity index (χ3n) is 10.0. The smallest absolute Gasteiger partial charge is 0.0355 e. The molecular formula is C48H30S. The van der Waals surface area contributed by atoms with Crippen LogP contribution in [0.5, 0.6) is 0 Å². The molecule has 0 spiro atoms. The first-order valence-corrected chi connectivity index (χ1v) is 17.6. The number of rotatable bonds is 4. The van der Waals surface area contributed by atoms with E-state index < -0.39 is 0 Å². The lowest BCUT2D eigenvalue weighted by Crippen LogP contribution is -1.90. The fraction of sp³-hybridized carbons (Fsp3) is 0. The molecule has 9 aromatic carbocycles. The second-order valence-corrected chi connectivity index (χ2v) is 14.0. The fourth-order valence-electron chi connectivity index (χ4n) is 7.61. The quantitative estimate of drug-likeness (QED) is 0.168. The highest BCUT2D eigenvalue weighted by Crippen LogP contribution is 2.42. The summed E-state index contributed by atoms with van der Waals surface area (Å²) < 4.78 is 2.67. The molecule has 0 unspecified atom stereocenters. The van der Waals surface area contributed by atoms with Crippen molar-refractivity contribution in [3.8, 4) is 44.5 Å². The molecule has 10 aromatic rings. The van der Waals surface area contributed by atoms with Gasteiger partial charge in [0.05, 0.1) is 0 Å². The van der Waals surface area contributed by atoms with Gasteiger partial charge in [-0.25, -0.2) is 0 Å². The van der Waals surface area contributed by atoms with Gasteiger partial charge in [0, 0.05) is 20.2 Å². The molecule has 0 bridgehead atoms. The van der Waals surface area contributed by atoms with E-state index in [9.17, 15) is 0 Å². The maximum atomic E-state index is 2.41. The molecule has 1 heterocycles. The van der Waals surface area contributed by atoms with E-state index in [4.69, 9.17) is 0 Å². The SMILES string of the molecule is c1ccc(-c2cc3ccccc3cc2-c2ccc3c(c2)c(-c2ccccc2)cc2cc(-c4ccc5sc6ccccc6c5c4)ccc23)cc1. The van der Waals surface area contributed by atoms with Crippen LogP contribution in [0.2, 0.25) is 0 Å². The van der Waals surface area contributed by atoms with E-state index in [0.717, 1.165) is 0 Å². The Morgan fingerprint density at radius 3 is 1.55 bits per heavy atom. The molecular weight excluding hydrogens is 609 g/mol. The lowest BCUT2D eigenvalue weighted by atomic mass is 9.87. The minimum Gasteiger partial charge on any atom is -0.135 e. The topological polar surface area (TPSA) is 0 Å². The number of benzene rings is 9. The summed E-state index contributed by atoms with van der Waals surface area (Å²) >= 11 is 1.87. The Morgan fingerprint density at radius 2 is 0.776 bits per heavy atom. The summed E-state index contributed by atoms with van der Waals surface area (Å²) in [6.45, 7) is 0. The average molecular weight is 639 g/mol. The highest BCUT2D eigenvalue weighted by molar-refractivity contribution is 7.25. The zero-order valence-electron chi connectivity index (χ0n) is 26.7. The van der Waals surface area contributed by atoms with Gasteiger partial charge in [-0.2, -0.15) is 0 Å². The number of fused-ring (bicyclic) bond motifs is 7. The minimum absolute atomic E-state index is 1.22. The van der Waals surface area contributed by atoms with Crippen molar-refractivity contribution in [2.24, 2.45) is 0 Å². The van der Waals surface area contributed by atoms with Gasteiger partial charge in [-0.1, -0.05) is 133 Å². The van der Waals surface area contributed by atoms with Crippen molar-refractivity contribution in [1.82, 2.24) is 0 Å². The molecule has 0 radical (unpaired) electrons. The zero-order valence-corrected chi connectivity index (χ0v) is 27.5. The molecule has 1 aromatic heterocycles. The van der Waals surface area contributed by atoms with Crippen LogP contribution in [0, 0.1) is 0 Å². The van der Waals surface area contributed by atoms with Crippen LogP contribution in [-0.4, -0.2) is 0 Å². The molecule has 0 amide bonds. The summed E-state index contributed by atoms with van der Waals surface area (Å²) in [7, 11) is 0. The van der Waals surface area contributed by atoms with Crippen LogP contribution >= 0.6 is 11.3 Å². The number of thiophene rings is 1. The van der Waals surface area contributed by atoms with Gasteiger partial charge in [-0.15, -0.1) is 11.3 Å². The molecule has 10 rings (SSSR count). The molecule has 0 nitrogen and oxygen atoms in total. The Morgan fingerprint density at radius 1 is 0.245 bits per heavy atom. The summed E-state index contributed by atoms with van der Waals surface area (Å²) in [5, 5.41) is 10.2. The van der Waals surface area contributed by atoms with Gasteiger partial charge < -0.3 is 0 Å². The van der Waals surface area contributed by atoms with Crippen molar-refractivity contribution < 1.29 is 0 Å². The molecule has 0 fully saturated rings. The lowest BCUT2D eigenvalue weighted by Gasteiger charge is -2.16. The minimum atomic E-state index is 1.22. The van der Waals surface area contributed by atoms with Gasteiger partial charge in [-0.05, 0) is 125 Å². The highest BCUT2D eigenvalue weighted by atomic mass is 32.1. The molecule has 0 saturated heterocycles. The number of hydrogen-bond acceptors (Lipinski definition) is 1. The standard InChI is InChI=1S/C48H30S/c1-3-11-31(12-4-1)42-26-33-15-7-8-16-34(33)27-44(42)37-20-23-40-39-22-19-35(25-38(39)30-43(45(40)29-37)32-13-5-2-6-14-32)36-21-24-48-46(28-36)41-17-9-10-18-47(41)49-48/h1-30H. The Bertz CT molecular complexity index is 2860. The average Bonchev–Trinajstić information content (AvgIpc) is 3.55. The summed E-state index contributed by atoms with van der Waals surface area (Å²) in [5.41, 5.74) is 9.92. The Hall–Kier alpha value is -6.02. The molecule has 49 heavy (non-hydrogen) atoms.